The number of oxime groups is 1. The molecule has 3 aromatic rings. The van der Waals surface area contributed by atoms with E-state index < -0.39 is 31.0 Å². The van der Waals surface area contributed by atoms with Gasteiger partial charge in [0, 0.05) is 18.0 Å². The predicted molar refractivity (Wildman–Crippen MR) is 98.2 cm³/mol. The van der Waals surface area contributed by atoms with Crippen LogP contribution in [0.25, 0.3) is 10.6 Å². The van der Waals surface area contributed by atoms with Gasteiger partial charge in [-0.3, -0.25) is 4.98 Å². The van der Waals surface area contributed by atoms with Gasteiger partial charge in [0.1, 0.15) is 5.01 Å². The summed E-state index contributed by atoms with van der Waals surface area (Å²) in [6.45, 7) is -3.08. The van der Waals surface area contributed by atoms with Crippen molar-refractivity contribution in [1.82, 2.24) is 19.9 Å². The quantitative estimate of drug-likeness (QED) is 0.291. The number of hydrogen-bond donors (Lipinski definition) is 0. The van der Waals surface area contributed by atoms with Gasteiger partial charge in [-0.15, -0.1) is 11.3 Å². The summed E-state index contributed by atoms with van der Waals surface area (Å²) in [7, 11) is 0. The van der Waals surface area contributed by atoms with Gasteiger partial charge in [0.15, 0.2) is 0 Å². The summed E-state index contributed by atoms with van der Waals surface area (Å²) in [6.07, 6.45) is 3.31. The average Bonchev–Trinajstić information content (AvgIpc) is 3.07. The highest BCUT2D eigenvalue weighted by Crippen LogP contribution is 2.28. The summed E-state index contributed by atoms with van der Waals surface area (Å²) >= 11 is 1.33. The van der Waals surface area contributed by atoms with E-state index >= 15 is 0 Å². The van der Waals surface area contributed by atoms with Gasteiger partial charge in [0.2, 0.25) is 11.8 Å². The van der Waals surface area contributed by atoms with Gasteiger partial charge >= 0.3 is 19.2 Å². The molecule has 0 spiro atoms. The first kappa shape index (κ1) is 21.4. The van der Waals surface area contributed by atoms with Crippen LogP contribution in [0.4, 0.5) is 17.6 Å². The van der Waals surface area contributed by atoms with Crippen LogP contribution in [0.1, 0.15) is 17.5 Å². The number of hydrogen-bond acceptors (Lipinski definition) is 9. The molecule has 30 heavy (non-hydrogen) atoms. The molecular weight excluding hydrogens is 430 g/mol. The van der Waals surface area contributed by atoms with Gasteiger partial charge in [0.05, 0.1) is 22.3 Å². The molecule has 3 heterocycles. The summed E-state index contributed by atoms with van der Waals surface area (Å²) in [5, 5.41) is 4.54. The molecule has 0 fully saturated rings. The lowest BCUT2D eigenvalue weighted by Gasteiger charge is -2.08. The molecule has 0 N–H and O–H groups in total. The Bertz CT molecular complexity index is 1010. The molecule has 3 aromatic heterocycles. The third kappa shape index (κ3) is 5.59. The molecule has 0 aromatic carbocycles. The second-order valence-corrected chi connectivity index (χ2v) is 6.53. The fourth-order valence-corrected chi connectivity index (χ4v) is 3.22. The Morgan fingerprint density at radius 2 is 1.73 bits per heavy atom. The van der Waals surface area contributed by atoms with E-state index in [-0.39, 0.29) is 0 Å². The smallest absolute Gasteiger partial charge is 0.388 e. The van der Waals surface area contributed by atoms with Crippen LogP contribution in [0.3, 0.4) is 0 Å². The van der Waals surface area contributed by atoms with E-state index in [0.29, 0.717) is 27.4 Å². The summed E-state index contributed by atoms with van der Waals surface area (Å²) < 4.78 is 57.9. The number of halogens is 4. The second-order valence-electron chi connectivity index (χ2n) is 5.53. The van der Waals surface area contributed by atoms with Crippen molar-refractivity contribution in [2.75, 3.05) is 0 Å². The zero-order chi connectivity index (χ0) is 21.7. The van der Waals surface area contributed by atoms with Crippen LogP contribution in [0.2, 0.25) is 0 Å². The largest absolute Gasteiger partial charge is 0.417 e. The highest BCUT2D eigenvalue weighted by molar-refractivity contribution is 7.17. The lowest BCUT2D eigenvalue weighted by atomic mass is 10.3. The van der Waals surface area contributed by atoms with Gasteiger partial charge in [0.25, 0.3) is 0 Å². The fraction of sp³-hybridized carbons (Fsp3) is 0.235. The lowest BCUT2D eigenvalue weighted by molar-refractivity contribution is -0.0587. The van der Waals surface area contributed by atoms with Crippen molar-refractivity contribution in [3.8, 4) is 28.3 Å². The van der Waals surface area contributed by atoms with Gasteiger partial charge in [-0.25, -0.2) is 4.98 Å². The predicted octanol–water partition coefficient (Wildman–Crippen LogP) is 4.31. The Balaban J connectivity index is 1.83. The van der Waals surface area contributed by atoms with Crippen LogP contribution >= 0.6 is 11.3 Å². The molecule has 0 saturated carbocycles. The summed E-state index contributed by atoms with van der Waals surface area (Å²) in [4.78, 5) is 21.3. The fourth-order valence-electron chi connectivity index (χ4n) is 2.22. The van der Waals surface area contributed by atoms with Crippen molar-refractivity contribution in [3.05, 3.63) is 41.2 Å². The molecule has 8 nitrogen and oxygen atoms in total. The van der Waals surface area contributed by atoms with Gasteiger partial charge in [-0.2, -0.15) is 27.5 Å². The SMILES string of the molecule is C/C(=N\Oc1nc(OC(F)F)cc(OC(F)F)n1)c1sc(-c2cccnc2)nc1C. The Morgan fingerprint density at radius 3 is 2.30 bits per heavy atom. The van der Waals surface area contributed by atoms with Crippen LogP contribution in [0, 0.1) is 6.92 Å². The van der Waals surface area contributed by atoms with Gasteiger partial charge in [-0.1, -0.05) is 5.16 Å². The minimum atomic E-state index is -3.23. The first-order chi connectivity index (χ1) is 14.3. The van der Waals surface area contributed by atoms with Crippen molar-refractivity contribution >= 4 is 17.0 Å². The zero-order valence-corrected chi connectivity index (χ0v) is 16.2. The van der Waals surface area contributed by atoms with Gasteiger partial charge < -0.3 is 14.3 Å². The Morgan fingerprint density at radius 1 is 1.07 bits per heavy atom. The van der Waals surface area contributed by atoms with Crippen LogP contribution in [0.15, 0.2) is 35.7 Å². The van der Waals surface area contributed by atoms with Crippen molar-refractivity contribution in [1.29, 1.82) is 0 Å². The molecule has 3 rings (SSSR count). The molecule has 0 radical (unpaired) electrons. The van der Waals surface area contributed by atoms with Gasteiger partial charge in [-0.05, 0) is 26.0 Å². The molecule has 0 saturated heterocycles. The third-order valence-corrected chi connectivity index (χ3v) is 4.69. The molecule has 0 atom stereocenters. The van der Waals surface area contributed by atoms with Crippen LogP contribution in [-0.4, -0.2) is 38.9 Å². The van der Waals surface area contributed by atoms with E-state index in [1.54, 1.807) is 32.3 Å². The molecule has 0 bridgehead atoms. The molecule has 0 amide bonds. The van der Waals surface area contributed by atoms with E-state index in [2.05, 4.69) is 34.6 Å². The molecule has 0 unspecified atom stereocenters. The molecule has 0 aliphatic heterocycles. The van der Waals surface area contributed by atoms with Crippen molar-refractivity contribution in [3.63, 3.8) is 0 Å². The highest BCUT2D eigenvalue weighted by atomic mass is 32.1. The molecule has 0 aliphatic rings. The molecule has 13 heteroatoms. The third-order valence-electron chi connectivity index (χ3n) is 3.38. The van der Waals surface area contributed by atoms with Crippen LogP contribution in [-0.2, 0) is 0 Å². The topological polar surface area (TPSA) is 91.6 Å². The van der Waals surface area contributed by atoms with Crippen molar-refractivity contribution in [2.45, 2.75) is 27.1 Å². The number of rotatable bonds is 8. The Kier molecular flexibility index (Phi) is 6.72. The van der Waals surface area contributed by atoms with E-state index in [4.69, 9.17) is 4.84 Å². The second kappa shape index (κ2) is 9.43. The number of aryl methyl sites for hydroxylation is 1. The average molecular weight is 443 g/mol. The van der Waals surface area contributed by atoms with Crippen LogP contribution < -0.4 is 14.3 Å². The highest BCUT2D eigenvalue weighted by Gasteiger charge is 2.16. The number of alkyl halides is 4. The van der Waals surface area contributed by atoms with Crippen LogP contribution in [0.5, 0.6) is 17.8 Å². The Hall–Kier alpha value is -3.35. The monoisotopic (exact) mass is 443 g/mol. The minimum Gasteiger partial charge on any atom is -0.417 e. The van der Waals surface area contributed by atoms with Crippen molar-refractivity contribution in [2.24, 2.45) is 5.16 Å². The zero-order valence-electron chi connectivity index (χ0n) is 15.4. The van der Waals surface area contributed by atoms with E-state index in [1.165, 1.54) is 11.3 Å². The number of ether oxygens (including phenoxy) is 2. The molecule has 158 valence electrons. The first-order valence-corrected chi connectivity index (χ1v) is 9.02. The maximum absolute atomic E-state index is 12.4. The minimum absolute atomic E-state index is 0.375. The number of pyridine rings is 1. The first-order valence-electron chi connectivity index (χ1n) is 8.20. The number of nitrogens with zero attached hydrogens (tertiary/aromatic N) is 5. The van der Waals surface area contributed by atoms with E-state index in [1.807, 2.05) is 6.07 Å². The van der Waals surface area contributed by atoms with E-state index in [0.717, 1.165) is 5.56 Å². The van der Waals surface area contributed by atoms with E-state index in [9.17, 15) is 17.6 Å². The maximum Gasteiger partial charge on any atom is 0.388 e. The molecule has 0 aliphatic carbocycles. The standard InChI is InChI=1S/C17H13F4N5O3S/c1-8-13(30-14(23-8)10-4-3-5-22-7-10)9(2)26-29-17-24-11(27-15(18)19)6-12(25-17)28-16(20)21/h3-7,15-16H,1-2H3/b26-9+. The maximum atomic E-state index is 12.4. The summed E-state index contributed by atoms with van der Waals surface area (Å²) in [6, 6.07) is 3.69. The number of thiazole rings is 1. The summed E-state index contributed by atoms with van der Waals surface area (Å²) in [5.74, 6) is -1.43. The lowest BCUT2D eigenvalue weighted by Crippen LogP contribution is -2.09. The normalized spacial score (nSPS) is 11.8. The Labute approximate surface area is 171 Å². The summed E-state index contributed by atoms with van der Waals surface area (Å²) in [5.41, 5.74) is 1.86. The number of aromatic nitrogens is 4. The van der Waals surface area contributed by atoms with Crippen molar-refractivity contribution < 1.29 is 31.9 Å². The molecular formula is C17H13F4N5O3S.